The first kappa shape index (κ1) is 18.4. The maximum absolute atomic E-state index is 14.0. The van der Waals surface area contributed by atoms with Crippen LogP contribution in [0.15, 0.2) is 21.5 Å². The summed E-state index contributed by atoms with van der Waals surface area (Å²) >= 11 is 4.56. The third-order valence-electron chi connectivity index (χ3n) is 2.60. The Hall–Kier alpha value is -0.640. The molecule has 9 heteroatoms. The first-order valence-electron chi connectivity index (χ1n) is 5.90. The lowest BCUT2D eigenvalue weighted by molar-refractivity contribution is 0.0691. The van der Waals surface area contributed by atoms with Gasteiger partial charge in [0, 0.05) is 11.0 Å². The fraction of sp³-hybridized carbons (Fsp3) is 0.417. The molecule has 0 spiro atoms. The number of sulfonamides is 1. The van der Waals surface area contributed by atoms with E-state index in [0.29, 0.717) is 0 Å². The Morgan fingerprint density at radius 3 is 2.67 bits per heavy atom. The van der Waals surface area contributed by atoms with Crippen LogP contribution in [0, 0.1) is 11.7 Å². The number of hydrogen-bond donors (Lipinski definition) is 2. The van der Waals surface area contributed by atoms with E-state index in [1.165, 1.54) is 0 Å². The molecule has 5 nitrogen and oxygen atoms in total. The van der Waals surface area contributed by atoms with Crippen molar-refractivity contribution in [2.45, 2.75) is 11.8 Å². The van der Waals surface area contributed by atoms with Crippen molar-refractivity contribution in [1.82, 2.24) is 4.72 Å². The number of carboxylic acid groups (broad SMARTS) is 1. The number of nitrogens with one attached hydrogen (secondary N) is 1. The minimum Gasteiger partial charge on any atom is -0.478 e. The second kappa shape index (κ2) is 7.57. The van der Waals surface area contributed by atoms with Crippen LogP contribution >= 0.6 is 27.7 Å². The summed E-state index contributed by atoms with van der Waals surface area (Å²) in [6.45, 7) is 2.01. The van der Waals surface area contributed by atoms with Crippen molar-refractivity contribution in [2.75, 3.05) is 18.6 Å². The summed E-state index contributed by atoms with van der Waals surface area (Å²) in [6, 6.07) is 2.07. The highest BCUT2D eigenvalue weighted by Crippen LogP contribution is 2.24. The normalized spacial score (nSPS) is 13.1. The van der Waals surface area contributed by atoms with Crippen LogP contribution in [0.5, 0.6) is 0 Å². The zero-order chi connectivity index (χ0) is 16.2. The number of hydrogen-bond acceptors (Lipinski definition) is 4. The van der Waals surface area contributed by atoms with Crippen molar-refractivity contribution in [3.8, 4) is 0 Å². The van der Waals surface area contributed by atoms with Crippen LogP contribution in [0.4, 0.5) is 4.39 Å². The van der Waals surface area contributed by atoms with E-state index in [1.54, 1.807) is 11.8 Å². The van der Waals surface area contributed by atoms with E-state index >= 15 is 0 Å². The van der Waals surface area contributed by atoms with Crippen molar-refractivity contribution in [3.63, 3.8) is 0 Å². The van der Waals surface area contributed by atoms with Gasteiger partial charge in [-0.1, -0.05) is 22.9 Å². The molecule has 0 bridgehead atoms. The molecule has 0 aliphatic heterocycles. The van der Waals surface area contributed by atoms with Crippen molar-refractivity contribution in [2.24, 2.45) is 5.92 Å². The van der Waals surface area contributed by atoms with Gasteiger partial charge in [-0.15, -0.1) is 0 Å². The SMILES string of the molecule is CSCC(C)CNS(=O)(=O)c1cc(Br)cc(C(=O)O)c1F. The van der Waals surface area contributed by atoms with Gasteiger partial charge in [0.25, 0.3) is 0 Å². The first-order valence-corrected chi connectivity index (χ1v) is 9.57. The van der Waals surface area contributed by atoms with Crippen molar-refractivity contribution in [3.05, 3.63) is 28.0 Å². The second-order valence-corrected chi connectivity index (χ2v) is 8.04. The Kier molecular flexibility index (Phi) is 6.64. The topological polar surface area (TPSA) is 83.5 Å². The zero-order valence-corrected chi connectivity index (χ0v) is 14.6. The number of thioether (sulfide) groups is 1. The Morgan fingerprint density at radius 2 is 2.14 bits per heavy atom. The van der Waals surface area contributed by atoms with Gasteiger partial charge in [0.2, 0.25) is 10.0 Å². The maximum atomic E-state index is 14.0. The number of halogens is 2. The van der Waals surface area contributed by atoms with E-state index < -0.39 is 32.3 Å². The molecule has 0 fully saturated rings. The van der Waals surface area contributed by atoms with Gasteiger partial charge in [-0.05, 0) is 30.1 Å². The lowest BCUT2D eigenvalue weighted by Gasteiger charge is -2.13. The molecule has 1 aromatic rings. The average Bonchev–Trinajstić information content (AvgIpc) is 2.39. The molecule has 0 saturated heterocycles. The van der Waals surface area contributed by atoms with Crippen LogP contribution in [0.1, 0.15) is 17.3 Å². The molecule has 118 valence electrons. The summed E-state index contributed by atoms with van der Waals surface area (Å²) in [6.07, 6.45) is 1.90. The lowest BCUT2D eigenvalue weighted by atomic mass is 10.2. The van der Waals surface area contributed by atoms with E-state index in [0.717, 1.165) is 17.9 Å². The highest BCUT2D eigenvalue weighted by Gasteiger charge is 2.25. The minimum absolute atomic E-state index is 0.0731. The molecule has 0 aromatic heterocycles. The molecule has 1 rings (SSSR count). The summed E-state index contributed by atoms with van der Waals surface area (Å²) in [5.74, 6) is -1.97. The van der Waals surface area contributed by atoms with E-state index in [-0.39, 0.29) is 16.9 Å². The number of benzene rings is 1. The fourth-order valence-corrected chi connectivity index (χ4v) is 4.17. The van der Waals surface area contributed by atoms with Gasteiger partial charge >= 0.3 is 5.97 Å². The third kappa shape index (κ3) is 4.94. The monoisotopic (exact) mass is 399 g/mol. The van der Waals surface area contributed by atoms with Crippen LogP contribution in [-0.2, 0) is 10.0 Å². The van der Waals surface area contributed by atoms with E-state index in [1.807, 2.05) is 13.2 Å². The van der Waals surface area contributed by atoms with Crippen LogP contribution < -0.4 is 4.72 Å². The molecular formula is C12H15BrFNO4S2. The summed E-state index contributed by atoms with van der Waals surface area (Å²) in [4.78, 5) is 10.3. The lowest BCUT2D eigenvalue weighted by Crippen LogP contribution is -2.30. The van der Waals surface area contributed by atoms with Crippen molar-refractivity contribution >= 4 is 43.7 Å². The standard InChI is InChI=1S/C12H15BrFNO4S2/c1-7(6-20-2)5-15-21(18,19)10-4-8(13)3-9(11(10)14)12(16)17/h3-4,7,15H,5-6H2,1-2H3,(H,16,17). The van der Waals surface area contributed by atoms with E-state index in [4.69, 9.17) is 5.11 Å². The molecule has 0 aliphatic rings. The quantitative estimate of drug-likeness (QED) is 0.735. The molecule has 21 heavy (non-hydrogen) atoms. The Bertz CT molecular complexity index is 636. The van der Waals surface area contributed by atoms with Gasteiger partial charge in [0.1, 0.15) is 4.90 Å². The molecule has 0 saturated carbocycles. The number of carboxylic acids is 1. The van der Waals surface area contributed by atoms with Crippen LogP contribution in [0.25, 0.3) is 0 Å². The smallest absolute Gasteiger partial charge is 0.338 e. The summed E-state index contributed by atoms with van der Waals surface area (Å²) in [5, 5.41) is 8.89. The van der Waals surface area contributed by atoms with Crippen molar-refractivity contribution < 1.29 is 22.7 Å². The molecule has 1 unspecified atom stereocenters. The molecule has 0 aliphatic carbocycles. The van der Waals surface area contributed by atoms with Gasteiger partial charge in [0.15, 0.2) is 5.82 Å². The van der Waals surface area contributed by atoms with Gasteiger partial charge in [-0.25, -0.2) is 22.3 Å². The molecule has 1 aromatic carbocycles. The van der Waals surface area contributed by atoms with Gasteiger partial charge < -0.3 is 5.11 Å². The summed E-state index contributed by atoms with van der Waals surface area (Å²) < 4.78 is 40.8. The van der Waals surface area contributed by atoms with Crippen LogP contribution in [0.3, 0.4) is 0 Å². The summed E-state index contributed by atoms with van der Waals surface area (Å²) in [5.41, 5.74) is -0.693. The van der Waals surface area contributed by atoms with E-state index in [2.05, 4.69) is 20.7 Å². The van der Waals surface area contributed by atoms with Crippen LogP contribution in [-0.4, -0.2) is 38.0 Å². The third-order valence-corrected chi connectivity index (χ3v) is 5.38. The van der Waals surface area contributed by atoms with Gasteiger partial charge in [0.05, 0.1) is 5.56 Å². The van der Waals surface area contributed by atoms with E-state index in [9.17, 15) is 17.6 Å². The highest BCUT2D eigenvalue weighted by atomic mass is 79.9. The second-order valence-electron chi connectivity index (χ2n) is 4.48. The molecule has 0 radical (unpaired) electrons. The summed E-state index contributed by atoms with van der Waals surface area (Å²) in [7, 11) is -4.11. The van der Waals surface area contributed by atoms with Crippen LogP contribution in [0.2, 0.25) is 0 Å². The van der Waals surface area contributed by atoms with Gasteiger partial charge in [-0.2, -0.15) is 11.8 Å². The predicted molar refractivity (Wildman–Crippen MR) is 83.8 cm³/mol. The first-order chi connectivity index (χ1) is 9.69. The predicted octanol–water partition coefficient (Wildman–Crippen LogP) is 2.56. The number of aromatic carboxylic acids is 1. The molecule has 0 amide bonds. The Labute approximate surface area is 135 Å². The highest BCUT2D eigenvalue weighted by molar-refractivity contribution is 9.10. The van der Waals surface area contributed by atoms with Crippen molar-refractivity contribution in [1.29, 1.82) is 0 Å². The minimum atomic E-state index is -4.11. The maximum Gasteiger partial charge on any atom is 0.338 e. The number of rotatable bonds is 7. The largest absolute Gasteiger partial charge is 0.478 e. The molecule has 0 heterocycles. The molecule has 2 N–H and O–H groups in total. The average molecular weight is 400 g/mol. The molecular weight excluding hydrogens is 385 g/mol. The Morgan fingerprint density at radius 1 is 1.52 bits per heavy atom. The number of carbonyl (C=O) groups is 1. The van der Waals surface area contributed by atoms with Gasteiger partial charge in [-0.3, -0.25) is 0 Å². The molecule has 1 atom stereocenters. The fourth-order valence-electron chi connectivity index (χ4n) is 1.59. The zero-order valence-electron chi connectivity index (χ0n) is 11.4. The Balaban J connectivity index is 3.11.